The number of benzene rings is 2. The molecule has 4 heterocycles. The maximum Gasteiger partial charge on any atom is 0.491 e. The van der Waals surface area contributed by atoms with Crippen LogP contribution in [0.1, 0.15) is 40.4 Å². The molecule has 1 fully saturated rings. The number of alkyl halides is 3. The fraction of sp³-hybridized carbons (Fsp3) is 0.250. The number of hydrogen-bond acceptors (Lipinski definition) is 10. The number of thiophene rings is 1. The van der Waals surface area contributed by atoms with Crippen molar-refractivity contribution in [3.63, 3.8) is 0 Å². The minimum absolute atomic E-state index is 0.0780. The third-order valence-corrected chi connectivity index (χ3v) is 9.66. The minimum Gasteiger partial charge on any atom is -0.399 e. The Balaban J connectivity index is 1.19. The van der Waals surface area contributed by atoms with E-state index in [1.165, 1.54) is 22.7 Å². The summed E-state index contributed by atoms with van der Waals surface area (Å²) >= 11 is 2.75. The van der Waals surface area contributed by atoms with Crippen molar-refractivity contribution < 1.29 is 32.0 Å². The van der Waals surface area contributed by atoms with E-state index in [9.17, 15) is 22.8 Å². The van der Waals surface area contributed by atoms with E-state index in [-0.39, 0.29) is 5.92 Å². The molecule has 45 heavy (non-hydrogen) atoms. The largest absolute Gasteiger partial charge is 0.491 e. The van der Waals surface area contributed by atoms with Crippen LogP contribution in [-0.4, -0.2) is 46.2 Å². The second kappa shape index (κ2) is 12.6. The van der Waals surface area contributed by atoms with Gasteiger partial charge in [0.1, 0.15) is 17.5 Å². The summed E-state index contributed by atoms with van der Waals surface area (Å²) in [7, 11) is 0. The number of likely N-dealkylation sites (tertiary alicyclic amines) is 1. The fourth-order valence-electron chi connectivity index (χ4n) is 5.48. The van der Waals surface area contributed by atoms with Gasteiger partial charge >= 0.3 is 18.1 Å². The minimum atomic E-state index is -5.26. The van der Waals surface area contributed by atoms with Gasteiger partial charge in [-0.1, -0.05) is 41.6 Å². The number of halogens is 3. The van der Waals surface area contributed by atoms with Gasteiger partial charge in [0.05, 0.1) is 16.3 Å². The molecule has 8 nitrogen and oxygen atoms in total. The lowest BCUT2D eigenvalue weighted by Gasteiger charge is -2.35. The SMILES string of the molecule is Cc1onc(-c2cccc(-c3ccc(N)cc3)c2)c1-c1csc(C2CCN(C(C(=O)OC(=O)C(F)(F)F)c3cccs3)CC2)n1. The number of nitrogens with two attached hydrogens (primary N) is 1. The van der Waals surface area contributed by atoms with Gasteiger partial charge in [-0.15, -0.1) is 22.7 Å². The highest BCUT2D eigenvalue weighted by atomic mass is 32.1. The van der Waals surface area contributed by atoms with Gasteiger partial charge < -0.3 is 15.0 Å². The maximum atomic E-state index is 12.8. The number of nitrogen functional groups attached to an aromatic ring is 1. The number of anilines is 1. The number of ether oxygens (including phenoxy) is 1. The Labute approximate surface area is 264 Å². The number of carbonyl (C=O) groups is 2. The van der Waals surface area contributed by atoms with Gasteiger partial charge in [0.2, 0.25) is 0 Å². The van der Waals surface area contributed by atoms with Crippen molar-refractivity contribution in [2.45, 2.75) is 37.9 Å². The Morgan fingerprint density at radius 3 is 2.44 bits per heavy atom. The topological polar surface area (TPSA) is 112 Å². The van der Waals surface area contributed by atoms with E-state index in [1.54, 1.807) is 22.4 Å². The normalized spacial score (nSPS) is 15.2. The molecule has 1 aliphatic heterocycles. The van der Waals surface area contributed by atoms with E-state index >= 15 is 0 Å². The van der Waals surface area contributed by atoms with Crippen LogP contribution in [0.25, 0.3) is 33.6 Å². The van der Waals surface area contributed by atoms with Crippen LogP contribution in [-0.2, 0) is 14.3 Å². The van der Waals surface area contributed by atoms with Gasteiger partial charge in [-0.2, -0.15) is 13.2 Å². The van der Waals surface area contributed by atoms with E-state index in [0.29, 0.717) is 47.9 Å². The molecular formula is C32H27F3N4O4S2. The molecule has 0 saturated carbocycles. The molecule has 232 valence electrons. The lowest BCUT2D eigenvalue weighted by Crippen LogP contribution is -2.41. The average Bonchev–Trinajstić information content (AvgIpc) is 3.80. The number of thiazole rings is 1. The summed E-state index contributed by atoms with van der Waals surface area (Å²) in [6.45, 7) is 2.67. The van der Waals surface area contributed by atoms with Crippen LogP contribution in [0.3, 0.4) is 0 Å². The molecule has 1 aliphatic rings. The van der Waals surface area contributed by atoms with Crippen LogP contribution in [0, 0.1) is 6.92 Å². The fourth-order valence-corrected chi connectivity index (χ4v) is 7.31. The van der Waals surface area contributed by atoms with Crippen LogP contribution < -0.4 is 5.73 Å². The lowest BCUT2D eigenvalue weighted by molar-refractivity contribution is -0.203. The van der Waals surface area contributed by atoms with Gasteiger partial charge in [-0.25, -0.2) is 14.6 Å². The van der Waals surface area contributed by atoms with E-state index < -0.39 is 24.2 Å². The quantitative estimate of drug-likeness (QED) is 0.109. The average molecular weight is 653 g/mol. The summed E-state index contributed by atoms with van der Waals surface area (Å²) in [6, 6.07) is 17.9. The van der Waals surface area contributed by atoms with Gasteiger partial charge in [0.15, 0.2) is 0 Å². The smallest absolute Gasteiger partial charge is 0.399 e. The number of nitrogens with zero attached hydrogens (tertiary/aromatic N) is 3. The maximum absolute atomic E-state index is 12.8. The van der Waals surface area contributed by atoms with Crippen molar-refractivity contribution in [3.05, 3.63) is 87.1 Å². The molecule has 1 saturated heterocycles. The molecule has 2 N–H and O–H groups in total. The van der Waals surface area contributed by atoms with Crippen LogP contribution in [0.2, 0.25) is 0 Å². The standard InChI is InChI=1S/C32H27F3N4O4S2/c1-18-26(27(38-43-18)22-5-2-4-21(16-22)19-7-9-23(36)10-8-19)24-17-45-29(37-24)20-11-13-39(14-12-20)28(25-6-3-15-44-25)30(40)42-31(41)32(33,34)35/h2-10,15-17,20,28H,11-14,36H2,1H3. The summed E-state index contributed by atoms with van der Waals surface area (Å²) < 4.78 is 48.2. The molecule has 3 aromatic heterocycles. The monoisotopic (exact) mass is 652 g/mol. The summed E-state index contributed by atoms with van der Waals surface area (Å²) in [5.74, 6) is -3.03. The number of rotatable bonds is 7. The van der Waals surface area contributed by atoms with Gasteiger partial charge in [0.25, 0.3) is 0 Å². The predicted molar refractivity (Wildman–Crippen MR) is 165 cm³/mol. The highest BCUT2D eigenvalue weighted by Crippen LogP contribution is 2.40. The second-order valence-corrected chi connectivity index (χ2v) is 12.5. The second-order valence-electron chi connectivity index (χ2n) is 10.7. The van der Waals surface area contributed by atoms with Gasteiger partial charge in [-0.05, 0) is 73.6 Å². The Kier molecular flexibility index (Phi) is 8.58. The van der Waals surface area contributed by atoms with Crippen LogP contribution >= 0.6 is 22.7 Å². The van der Waals surface area contributed by atoms with E-state index in [1.807, 2.05) is 60.8 Å². The first kappa shape index (κ1) is 30.7. The molecule has 6 rings (SSSR count). The van der Waals surface area contributed by atoms with Crippen LogP contribution in [0.5, 0.6) is 0 Å². The van der Waals surface area contributed by atoms with E-state index in [0.717, 1.165) is 33.0 Å². The summed E-state index contributed by atoms with van der Waals surface area (Å²) in [5, 5.41) is 8.97. The van der Waals surface area contributed by atoms with Gasteiger partial charge in [0, 0.05) is 27.4 Å². The van der Waals surface area contributed by atoms with Crippen molar-refractivity contribution in [1.82, 2.24) is 15.0 Å². The zero-order chi connectivity index (χ0) is 31.7. The van der Waals surface area contributed by atoms with E-state index in [4.69, 9.17) is 15.2 Å². The highest BCUT2D eigenvalue weighted by Gasteiger charge is 2.45. The summed E-state index contributed by atoms with van der Waals surface area (Å²) in [5.41, 5.74) is 11.7. The van der Waals surface area contributed by atoms with Crippen LogP contribution in [0.4, 0.5) is 18.9 Å². The summed E-state index contributed by atoms with van der Waals surface area (Å²) in [4.78, 5) is 31.4. The highest BCUT2D eigenvalue weighted by molar-refractivity contribution is 7.10. The molecule has 0 radical (unpaired) electrons. The number of hydrogen-bond donors (Lipinski definition) is 1. The molecule has 1 atom stereocenters. The third kappa shape index (κ3) is 6.56. The number of carbonyl (C=O) groups excluding carboxylic acids is 2. The number of esters is 2. The first-order valence-corrected chi connectivity index (χ1v) is 15.8. The van der Waals surface area contributed by atoms with Crippen molar-refractivity contribution in [2.75, 3.05) is 18.8 Å². The number of aromatic nitrogens is 2. The molecule has 5 aromatic rings. The van der Waals surface area contributed by atoms with Crippen LogP contribution in [0.15, 0.2) is 75.9 Å². The Hall–Kier alpha value is -4.33. The van der Waals surface area contributed by atoms with E-state index in [2.05, 4.69) is 9.89 Å². The number of aryl methyl sites for hydroxylation is 1. The molecule has 0 spiro atoms. The van der Waals surface area contributed by atoms with Crippen molar-refractivity contribution in [1.29, 1.82) is 0 Å². The Bertz CT molecular complexity index is 1810. The van der Waals surface area contributed by atoms with Crippen molar-refractivity contribution in [2.24, 2.45) is 0 Å². The molecule has 2 aromatic carbocycles. The lowest BCUT2D eigenvalue weighted by atomic mass is 9.95. The third-order valence-electron chi connectivity index (χ3n) is 7.73. The Morgan fingerprint density at radius 2 is 1.76 bits per heavy atom. The molecule has 1 unspecified atom stereocenters. The summed E-state index contributed by atoms with van der Waals surface area (Å²) in [6.07, 6.45) is -4.02. The zero-order valence-corrected chi connectivity index (χ0v) is 25.5. The predicted octanol–water partition coefficient (Wildman–Crippen LogP) is 7.64. The first-order valence-electron chi connectivity index (χ1n) is 14.1. The molecule has 0 amide bonds. The van der Waals surface area contributed by atoms with Gasteiger partial charge in [-0.3, -0.25) is 4.90 Å². The van der Waals surface area contributed by atoms with Crippen molar-refractivity contribution in [3.8, 4) is 33.6 Å². The molecule has 13 heteroatoms. The zero-order valence-electron chi connectivity index (χ0n) is 23.9. The molecule has 0 bridgehead atoms. The number of piperidine rings is 1. The van der Waals surface area contributed by atoms with Crippen molar-refractivity contribution >= 4 is 40.3 Å². The Morgan fingerprint density at radius 1 is 1.02 bits per heavy atom. The molecule has 0 aliphatic carbocycles. The molecular weight excluding hydrogens is 626 g/mol. The first-order chi connectivity index (χ1) is 21.6.